The van der Waals surface area contributed by atoms with Gasteiger partial charge in [-0.3, -0.25) is 0 Å². The molecule has 0 spiro atoms. The summed E-state index contributed by atoms with van der Waals surface area (Å²) >= 11 is 0. The Hall–Kier alpha value is -2.48. The fourth-order valence-electron chi connectivity index (χ4n) is 3.61. The van der Waals surface area contributed by atoms with Crippen LogP contribution in [0.2, 0.25) is 0 Å². The van der Waals surface area contributed by atoms with E-state index in [1.165, 1.54) is 22.3 Å². The van der Waals surface area contributed by atoms with Crippen molar-refractivity contribution >= 4 is 6.09 Å². The van der Waals surface area contributed by atoms with Crippen LogP contribution in [0.1, 0.15) is 23.5 Å². The number of halogens is 1. The third kappa shape index (κ3) is 7.02. The van der Waals surface area contributed by atoms with E-state index in [1.807, 2.05) is 24.3 Å². The lowest BCUT2D eigenvalue weighted by Gasteiger charge is -2.14. The minimum absolute atomic E-state index is 0.0591. The zero-order chi connectivity index (χ0) is 21.7. The minimum atomic E-state index is -0.479. The SMILES string of the molecule is O=C(NCCCOCCOCCOCCF)OCC1c2ccccc2-c2ccccc21. The molecule has 0 heterocycles. The molecule has 0 saturated heterocycles. The van der Waals surface area contributed by atoms with E-state index in [4.69, 9.17) is 18.9 Å². The smallest absolute Gasteiger partial charge is 0.407 e. The van der Waals surface area contributed by atoms with Crippen LogP contribution < -0.4 is 5.32 Å². The van der Waals surface area contributed by atoms with Gasteiger partial charge in [0.05, 0.1) is 33.0 Å². The van der Waals surface area contributed by atoms with E-state index in [1.54, 1.807) is 0 Å². The first-order chi connectivity index (χ1) is 15.3. The fourth-order valence-corrected chi connectivity index (χ4v) is 3.61. The number of carbonyl (C=O) groups is 1. The van der Waals surface area contributed by atoms with E-state index in [-0.39, 0.29) is 12.5 Å². The van der Waals surface area contributed by atoms with E-state index in [9.17, 15) is 9.18 Å². The average Bonchev–Trinajstić information content (AvgIpc) is 3.12. The van der Waals surface area contributed by atoms with Crippen LogP contribution in [0.15, 0.2) is 48.5 Å². The molecule has 0 aliphatic heterocycles. The number of alkyl halides is 1. The van der Waals surface area contributed by atoms with Crippen LogP contribution in [0.3, 0.4) is 0 Å². The van der Waals surface area contributed by atoms with Gasteiger partial charge in [0.15, 0.2) is 0 Å². The average molecular weight is 432 g/mol. The zero-order valence-corrected chi connectivity index (χ0v) is 17.7. The Kier molecular flexibility index (Phi) is 9.76. The summed E-state index contributed by atoms with van der Waals surface area (Å²) in [6.45, 7) is 2.67. The Morgan fingerprint density at radius 1 is 0.806 bits per heavy atom. The molecule has 1 aliphatic carbocycles. The molecule has 1 amide bonds. The molecule has 0 saturated carbocycles. The molecule has 3 rings (SSSR count). The number of alkyl carbamates (subject to hydrolysis) is 1. The molecule has 1 aliphatic rings. The van der Waals surface area contributed by atoms with Crippen molar-refractivity contribution in [2.24, 2.45) is 0 Å². The Morgan fingerprint density at radius 3 is 1.97 bits per heavy atom. The van der Waals surface area contributed by atoms with Crippen molar-refractivity contribution in [3.63, 3.8) is 0 Å². The molecule has 0 fully saturated rings. The molecule has 2 aromatic carbocycles. The Labute approximate surface area is 182 Å². The summed E-state index contributed by atoms with van der Waals surface area (Å²) < 4.78 is 33.0. The standard InChI is InChI=1S/C24H30FNO5/c25-10-13-29-15-17-30-16-14-28-12-5-11-26-24(27)31-18-23-21-8-3-1-6-19(21)20-7-2-4-9-22(20)23/h1-4,6-9,23H,5,10-18H2,(H,26,27). The normalized spacial score (nSPS) is 12.4. The van der Waals surface area contributed by atoms with E-state index in [0.29, 0.717) is 52.6 Å². The highest BCUT2D eigenvalue weighted by atomic mass is 19.1. The van der Waals surface area contributed by atoms with Gasteiger partial charge in [-0.25, -0.2) is 9.18 Å². The van der Waals surface area contributed by atoms with Gasteiger partial charge in [0.2, 0.25) is 0 Å². The van der Waals surface area contributed by atoms with Crippen molar-refractivity contribution in [3.05, 3.63) is 59.7 Å². The molecule has 168 valence electrons. The number of carbonyl (C=O) groups excluding carboxylic acids is 1. The monoisotopic (exact) mass is 431 g/mol. The van der Waals surface area contributed by atoms with Crippen LogP contribution in [-0.4, -0.2) is 65.6 Å². The lowest BCUT2D eigenvalue weighted by molar-refractivity contribution is 0.0120. The number of hydrogen-bond acceptors (Lipinski definition) is 5. The number of nitrogens with one attached hydrogen (secondary N) is 1. The number of hydrogen-bond donors (Lipinski definition) is 1. The van der Waals surface area contributed by atoms with Crippen LogP contribution in [0.5, 0.6) is 0 Å². The molecular weight excluding hydrogens is 401 g/mol. The van der Waals surface area contributed by atoms with Crippen LogP contribution >= 0.6 is 0 Å². The van der Waals surface area contributed by atoms with Gasteiger partial charge in [0.1, 0.15) is 13.3 Å². The second-order valence-corrected chi connectivity index (χ2v) is 7.13. The topological polar surface area (TPSA) is 66.0 Å². The van der Waals surface area contributed by atoms with Gasteiger partial charge in [-0.2, -0.15) is 0 Å². The maximum atomic E-state index is 12.1. The summed E-state index contributed by atoms with van der Waals surface area (Å²) in [5.74, 6) is 0.0591. The van der Waals surface area contributed by atoms with Crippen LogP contribution in [0, 0.1) is 0 Å². The highest BCUT2D eigenvalue weighted by Crippen LogP contribution is 2.44. The quantitative estimate of drug-likeness (QED) is 0.459. The summed E-state index contributed by atoms with van der Waals surface area (Å²) in [5.41, 5.74) is 4.81. The van der Waals surface area contributed by atoms with Crippen LogP contribution in [0.4, 0.5) is 9.18 Å². The molecule has 0 unspecified atom stereocenters. The van der Waals surface area contributed by atoms with Crippen molar-refractivity contribution in [1.82, 2.24) is 5.32 Å². The first kappa shape index (κ1) is 23.2. The van der Waals surface area contributed by atoms with Crippen LogP contribution in [0.25, 0.3) is 11.1 Å². The van der Waals surface area contributed by atoms with E-state index >= 15 is 0 Å². The van der Waals surface area contributed by atoms with Gasteiger partial charge in [-0.1, -0.05) is 48.5 Å². The van der Waals surface area contributed by atoms with Gasteiger partial charge in [0.25, 0.3) is 0 Å². The van der Waals surface area contributed by atoms with E-state index in [2.05, 4.69) is 29.6 Å². The second kappa shape index (κ2) is 13.0. The minimum Gasteiger partial charge on any atom is -0.449 e. The zero-order valence-electron chi connectivity index (χ0n) is 17.7. The van der Waals surface area contributed by atoms with E-state index < -0.39 is 12.8 Å². The molecule has 2 aromatic rings. The van der Waals surface area contributed by atoms with Crippen LogP contribution in [-0.2, 0) is 18.9 Å². The first-order valence-electron chi connectivity index (χ1n) is 10.7. The second-order valence-electron chi connectivity index (χ2n) is 7.13. The van der Waals surface area contributed by atoms with Gasteiger partial charge in [-0.05, 0) is 28.7 Å². The number of rotatable bonds is 14. The summed E-state index contributed by atoms with van der Waals surface area (Å²) in [4.78, 5) is 12.1. The number of ether oxygens (including phenoxy) is 4. The molecular formula is C24H30FNO5. The predicted molar refractivity (Wildman–Crippen MR) is 116 cm³/mol. The van der Waals surface area contributed by atoms with Gasteiger partial charge < -0.3 is 24.3 Å². The fraction of sp³-hybridized carbons (Fsp3) is 0.458. The van der Waals surface area contributed by atoms with Crippen molar-refractivity contribution in [2.75, 3.05) is 59.5 Å². The predicted octanol–water partition coefficient (Wildman–Crippen LogP) is 3.93. The van der Waals surface area contributed by atoms with Crippen molar-refractivity contribution < 1.29 is 28.1 Å². The molecule has 0 radical (unpaired) electrons. The molecule has 0 aromatic heterocycles. The van der Waals surface area contributed by atoms with Gasteiger partial charge in [-0.15, -0.1) is 0 Å². The third-order valence-electron chi connectivity index (χ3n) is 5.04. The Morgan fingerprint density at radius 2 is 1.35 bits per heavy atom. The molecule has 0 atom stereocenters. The molecule has 31 heavy (non-hydrogen) atoms. The molecule has 1 N–H and O–H groups in total. The maximum absolute atomic E-state index is 12.1. The largest absolute Gasteiger partial charge is 0.449 e. The number of fused-ring (bicyclic) bond motifs is 3. The summed E-state index contributed by atoms with van der Waals surface area (Å²) in [5, 5.41) is 2.77. The van der Waals surface area contributed by atoms with Gasteiger partial charge >= 0.3 is 6.09 Å². The van der Waals surface area contributed by atoms with Crippen molar-refractivity contribution in [2.45, 2.75) is 12.3 Å². The molecule has 0 bridgehead atoms. The molecule has 7 heteroatoms. The maximum Gasteiger partial charge on any atom is 0.407 e. The Bertz CT molecular complexity index is 771. The highest BCUT2D eigenvalue weighted by Gasteiger charge is 2.28. The summed E-state index contributed by atoms with van der Waals surface area (Å²) in [6.07, 6.45) is 0.266. The lowest BCUT2D eigenvalue weighted by atomic mass is 9.98. The van der Waals surface area contributed by atoms with Gasteiger partial charge in [0, 0.05) is 19.1 Å². The summed E-state index contributed by atoms with van der Waals surface area (Å²) in [7, 11) is 0. The highest BCUT2D eigenvalue weighted by molar-refractivity contribution is 5.79. The Balaban J connectivity index is 1.26. The third-order valence-corrected chi connectivity index (χ3v) is 5.04. The van der Waals surface area contributed by atoms with Crippen molar-refractivity contribution in [1.29, 1.82) is 0 Å². The first-order valence-corrected chi connectivity index (χ1v) is 10.7. The van der Waals surface area contributed by atoms with Crippen molar-refractivity contribution in [3.8, 4) is 11.1 Å². The molecule has 6 nitrogen and oxygen atoms in total. The number of benzene rings is 2. The summed E-state index contributed by atoms with van der Waals surface area (Å²) in [6, 6.07) is 16.5. The van der Waals surface area contributed by atoms with E-state index in [0.717, 1.165) is 0 Å². The lowest BCUT2D eigenvalue weighted by Crippen LogP contribution is -2.27. The number of amides is 1.